The fourth-order valence-corrected chi connectivity index (χ4v) is 2.18. The summed E-state index contributed by atoms with van der Waals surface area (Å²) in [6.45, 7) is 0.814. The second-order valence-electron chi connectivity index (χ2n) is 3.68. The van der Waals surface area contributed by atoms with E-state index in [-0.39, 0.29) is 30.2 Å². The molecule has 0 radical (unpaired) electrons. The van der Waals surface area contributed by atoms with Crippen LogP contribution in [-0.2, 0) is 29.1 Å². The minimum Gasteiger partial charge on any atom is -0.326 e. The van der Waals surface area contributed by atoms with Crippen LogP contribution in [0, 0.1) is 0 Å². The van der Waals surface area contributed by atoms with Gasteiger partial charge in [-0.25, -0.2) is 8.42 Å². The Kier molecular flexibility index (Phi) is 4.38. The van der Waals surface area contributed by atoms with Gasteiger partial charge in [0, 0.05) is 17.9 Å². The van der Waals surface area contributed by atoms with Crippen molar-refractivity contribution in [2.45, 2.75) is 26.2 Å². The molecule has 1 aromatic rings. The molecule has 0 bridgehead atoms. The largest absolute Gasteiger partial charge is 0.433 e. The van der Waals surface area contributed by atoms with Crippen molar-refractivity contribution in [3.63, 3.8) is 0 Å². The molecule has 0 aliphatic rings. The van der Waals surface area contributed by atoms with Gasteiger partial charge in [-0.2, -0.15) is 18.3 Å². The molecule has 104 valence electrons. The van der Waals surface area contributed by atoms with Crippen molar-refractivity contribution < 1.29 is 21.6 Å². The number of aromatic nitrogens is 2. The molecule has 0 spiro atoms. The number of alkyl halides is 3. The van der Waals surface area contributed by atoms with Crippen molar-refractivity contribution in [2.24, 2.45) is 5.73 Å². The second-order valence-corrected chi connectivity index (χ2v) is 6.15. The molecule has 2 N–H and O–H groups in total. The van der Waals surface area contributed by atoms with Crippen LogP contribution in [0.1, 0.15) is 18.2 Å². The Labute approximate surface area is 103 Å². The Morgan fingerprint density at radius 2 is 2.06 bits per heavy atom. The van der Waals surface area contributed by atoms with E-state index in [1.807, 2.05) is 0 Å². The summed E-state index contributed by atoms with van der Waals surface area (Å²) in [4.78, 5) is 0. The number of rotatable bonds is 5. The van der Waals surface area contributed by atoms with Crippen LogP contribution in [0.15, 0.2) is 6.20 Å². The first-order chi connectivity index (χ1) is 8.21. The number of hydrogen-bond donors (Lipinski definition) is 1. The predicted octanol–water partition coefficient (Wildman–Crippen LogP) is 0.795. The number of aryl methyl sites for hydroxylation is 1. The molecule has 9 heteroatoms. The van der Waals surface area contributed by atoms with Gasteiger partial charge in [0.15, 0.2) is 9.84 Å². The molecular formula is C9H14F3N3O2S. The molecule has 1 rings (SSSR count). The molecule has 0 aliphatic carbocycles. The molecular weight excluding hydrogens is 271 g/mol. The van der Waals surface area contributed by atoms with Gasteiger partial charge in [-0.15, -0.1) is 0 Å². The standard InChI is InChI=1S/C9H14F3N3O2S/c1-2-18(16,17)4-3-15-8(9(10,11)12)7(5-13)6-14-15/h6H,2-5,13H2,1H3. The van der Waals surface area contributed by atoms with E-state index in [9.17, 15) is 21.6 Å². The number of nitrogens with two attached hydrogens (primary N) is 1. The van der Waals surface area contributed by atoms with Crippen LogP contribution in [0.2, 0.25) is 0 Å². The molecule has 18 heavy (non-hydrogen) atoms. The number of hydrogen-bond acceptors (Lipinski definition) is 4. The molecule has 0 unspecified atom stereocenters. The van der Waals surface area contributed by atoms with Gasteiger partial charge in [-0.1, -0.05) is 6.92 Å². The highest BCUT2D eigenvalue weighted by Gasteiger charge is 2.37. The van der Waals surface area contributed by atoms with Crippen LogP contribution >= 0.6 is 0 Å². The van der Waals surface area contributed by atoms with E-state index in [1.165, 1.54) is 6.92 Å². The van der Waals surface area contributed by atoms with E-state index in [2.05, 4.69) is 5.10 Å². The van der Waals surface area contributed by atoms with Gasteiger partial charge in [0.2, 0.25) is 0 Å². The summed E-state index contributed by atoms with van der Waals surface area (Å²) in [6.07, 6.45) is -3.58. The Balaban J connectivity index is 3.01. The average Bonchev–Trinajstić information content (AvgIpc) is 2.69. The third-order valence-electron chi connectivity index (χ3n) is 2.46. The molecule has 5 nitrogen and oxygen atoms in total. The summed E-state index contributed by atoms with van der Waals surface area (Å²) in [6, 6.07) is 0. The topological polar surface area (TPSA) is 78.0 Å². The van der Waals surface area contributed by atoms with Gasteiger partial charge in [0.05, 0.1) is 18.5 Å². The van der Waals surface area contributed by atoms with Crippen LogP contribution < -0.4 is 5.73 Å². The zero-order valence-electron chi connectivity index (χ0n) is 9.74. The minimum atomic E-state index is -4.60. The summed E-state index contributed by atoms with van der Waals surface area (Å²) in [5, 5.41) is 3.54. The maximum Gasteiger partial charge on any atom is 0.433 e. The number of halogens is 3. The fourth-order valence-electron chi connectivity index (χ4n) is 1.44. The normalized spacial score (nSPS) is 12.9. The highest BCUT2D eigenvalue weighted by Crippen LogP contribution is 2.31. The first-order valence-electron chi connectivity index (χ1n) is 5.23. The van der Waals surface area contributed by atoms with Crippen LogP contribution in [0.4, 0.5) is 13.2 Å². The summed E-state index contributed by atoms with van der Waals surface area (Å²) in [5.41, 5.74) is 4.08. The van der Waals surface area contributed by atoms with E-state index < -0.39 is 21.7 Å². The lowest BCUT2D eigenvalue weighted by atomic mass is 10.2. The first kappa shape index (κ1) is 15.0. The first-order valence-corrected chi connectivity index (χ1v) is 7.05. The molecule has 0 saturated carbocycles. The van der Waals surface area contributed by atoms with Crippen molar-refractivity contribution in [3.8, 4) is 0 Å². The monoisotopic (exact) mass is 285 g/mol. The molecule has 1 heterocycles. The molecule has 0 atom stereocenters. The SMILES string of the molecule is CCS(=O)(=O)CCn1ncc(CN)c1C(F)(F)F. The molecule has 0 fully saturated rings. The fraction of sp³-hybridized carbons (Fsp3) is 0.667. The zero-order chi connectivity index (χ0) is 14.0. The Hall–Kier alpha value is -1.09. The predicted molar refractivity (Wildman–Crippen MR) is 59.4 cm³/mol. The summed E-state index contributed by atoms with van der Waals surface area (Å²) < 4.78 is 61.5. The van der Waals surface area contributed by atoms with Crippen LogP contribution in [-0.4, -0.2) is 29.7 Å². The lowest BCUT2D eigenvalue weighted by molar-refractivity contribution is -0.144. The van der Waals surface area contributed by atoms with Gasteiger partial charge < -0.3 is 5.73 Å². The molecule has 0 amide bonds. The lowest BCUT2D eigenvalue weighted by Crippen LogP contribution is -2.22. The highest BCUT2D eigenvalue weighted by molar-refractivity contribution is 7.91. The highest BCUT2D eigenvalue weighted by atomic mass is 32.2. The van der Waals surface area contributed by atoms with Gasteiger partial charge >= 0.3 is 6.18 Å². The van der Waals surface area contributed by atoms with Crippen molar-refractivity contribution >= 4 is 9.84 Å². The van der Waals surface area contributed by atoms with E-state index in [0.29, 0.717) is 4.68 Å². The number of nitrogens with zero attached hydrogens (tertiary/aromatic N) is 2. The van der Waals surface area contributed by atoms with Crippen LogP contribution in [0.5, 0.6) is 0 Å². The van der Waals surface area contributed by atoms with Gasteiger partial charge in [-0.3, -0.25) is 4.68 Å². The van der Waals surface area contributed by atoms with Crippen molar-refractivity contribution in [1.29, 1.82) is 0 Å². The smallest absolute Gasteiger partial charge is 0.326 e. The Morgan fingerprint density at radius 3 is 2.50 bits per heavy atom. The average molecular weight is 285 g/mol. The van der Waals surface area contributed by atoms with E-state index in [0.717, 1.165) is 6.20 Å². The molecule has 0 saturated heterocycles. The molecule has 0 aromatic carbocycles. The van der Waals surface area contributed by atoms with E-state index >= 15 is 0 Å². The minimum absolute atomic E-state index is 0.112. The van der Waals surface area contributed by atoms with Crippen molar-refractivity contribution in [3.05, 3.63) is 17.5 Å². The van der Waals surface area contributed by atoms with Crippen molar-refractivity contribution in [1.82, 2.24) is 9.78 Å². The van der Waals surface area contributed by atoms with Gasteiger partial charge in [-0.05, 0) is 0 Å². The summed E-state index contributed by atoms with van der Waals surface area (Å²) >= 11 is 0. The van der Waals surface area contributed by atoms with Crippen LogP contribution in [0.3, 0.4) is 0 Å². The Bertz CT molecular complexity index is 508. The summed E-state index contributed by atoms with van der Waals surface area (Å²) in [5.74, 6) is -0.488. The molecule has 0 aliphatic heterocycles. The van der Waals surface area contributed by atoms with Gasteiger partial charge in [0.25, 0.3) is 0 Å². The Morgan fingerprint density at radius 1 is 1.44 bits per heavy atom. The van der Waals surface area contributed by atoms with Gasteiger partial charge in [0.1, 0.15) is 5.69 Å². The third-order valence-corrected chi connectivity index (χ3v) is 4.14. The quantitative estimate of drug-likeness (QED) is 0.868. The van der Waals surface area contributed by atoms with Crippen molar-refractivity contribution in [2.75, 3.05) is 11.5 Å². The lowest BCUT2D eigenvalue weighted by Gasteiger charge is -2.12. The third kappa shape index (κ3) is 3.45. The molecule has 1 aromatic heterocycles. The van der Waals surface area contributed by atoms with Crippen LogP contribution in [0.25, 0.3) is 0 Å². The van der Waals surface area contributed by atoms with E-state index in [4.69, 9.17) is 5.73 Å². The second kappa shape index (κ2) is 5.27. The zero-order valence-corrected chi connectivity index (χ0v) is 10.6. The van der Waals surface area contributed by atoms with E-state index in [1.54, 1.807) is 0 Å². The summed E-state index contributed by atoms with van der Waals surface area (Å²) in [7, 11) is -3.34. The number of sulfone groups is 1. The maximum absolute atomic E-state index is 12.8. The maximum atomic E-state index is 12.8.